The number of aliphatic hydroxyl groups is 2. The molecule has 2 aromatic carbocycles. The lowest BCUT2D eigenvalue weighted by Gasteiger charge is -2.02. The first-order valence-electron chi connectivity index (χ1n) is 7.29. The summed E-state index contributed by atoms with van der Waals surface area (Å²) in [6.45, 7) is 3.60. The molecule has 0 bridgehead atoms. The molecule has 0 aromatic heterocycles. The fourth-order valence-corrected chi connectivity index (χ4v) is 3.03. The first-order valence-corrected chi connectivity index (χ1v) is 9.27. The van der Waals surface area contributed by atoms with Crippen LogP contribution in [0, 0.1) is 0 Å². The fraction of sp³-hybridized carbons (Fsp3) is 0.333. The maximum absolute atomic E-state index is 8.99. The molecule has 22 heavy (non-hydrogen) atoms. The van der Waals surface area contributed by atoms with E-state index in [2.05, 4.69) is 0 Å². The Balaban J connectivity index is 0.000000220. The Morgan fingerprint density at radius 1 is 0.682 bits per heavy atom. The van der Waals surface area contributed by atoms with Gasteiger partial charge in [0.05, 0.1) is 12.2 Å². The smallest absolute Gasteiger partial charge is 0.0606 e. The molecule has 2 unspecified atom stereocenters. The van der Waals surface area contributed by atoms with Gasteiger partial charge in [-0.05, 0) is 38.1 Å². The van der Waals surface area contributed by atoms with Crippen LogP contribution in [0.1, 0.15) is 13.8 Å². The first kappa shape index (κ1) is 19.1. The van der Waals surface area contributed by atoms with Crippen molar-refractivity contribution in [3.8, 4) is 0 Å². The van der Waals surface area contributed by atoms with Crippen molar-refractivity contribution in [1.29, 1.82) is 0 Å². The van der Waals surface area contributed by atoms with Crippen molar-refractivity contribution < 1.29 is 10.2 Å². The second kappa shape index (κ2) is 11.6. The molecule has 2 rings (SSSR count). The summed E-state index contributed by atoms with van der Waals surface area (Å²) < 4.78 is 0. The van der Waals surface area contributed by atoms with Crippen LogP contribution in [0.25, 0.3) is 0 Å². The highest BCUT2D eigenvalue weighted by molar-refractivity contribution is 7.99. The molecule has 0 saturated heterocycles. The maximum atomic E-state index is 8.99. The average Bonchev–Trinajstić information content (AvgIpc) is 2.53. The molecule has 2 aromatic rings. The summed E-state index contributed by atoms with van der Waals surface area (Å²) in [5.74, 6) is 1.54. The van der Waals surface area contributed by atoms with Crippen LogP contribution in [-0.4, -0.2) is 33.9 Å². The third kappa shape index (κ3) is 9.90. The van der Waals surface area contributed by atoms with E-state index in [1.807, 2.05) is 60.7 Å². The number of rotatable bonds is 6. The van der Waals surface area contributed by atoms with Crippen LogP contribution < -0.4 is 0 Å². The molecule has 4 heteroatoms. The largest absolute Gasteiger partial charge is 0.393 e. The molecule has 2 atom stereocenters. The molecule has 0 amide bonds. The molecule has 0 saturated carbocycles. The molecule has 2 nitrogen and oxygen atoms in total. The Morgan fingerprint density at radius 3 is 1.27 bits per heavy atom. The van der Waals surface area contributed by atoms with Crippen LogP contribution in [0.5, 0.6) is 0 Å². The number of hydrogen-bond donors (Lipinski definition) is 2. The third-order valence-corrected chi connectivity index (χ3v) is 4.98. The van der Waals surface area contributed by atoms with Crippen molar-refractivity contribution in [3.63, 3.8) is 0 Å². The van der Waals surface area contributed by atoms with Crippen molar-refractivity contribution >= 4 is 23.5 Å². The predicted octanol–water partition coefficient (Wildman–Crippen LogP) is 4.32. The van der Waals surface area contributed by atoms with Gasteiger partial charge in [0.15, 0.2) is 0 Å². The fourth-order valence-electron chi connectivity index (χ4n) is 1.47. The van der Waals surface area contributed by atoms with Gasteiger partial charge in [-0.15, -0.1) is 23.5 Å². The summed E-state index contributed by atoms with van der Waals surface area (Å²) in [6.07, 6.45) is -0.444. The van der Waals surface area contributed by atoms with Crippen LogP contribution in [0.3, 0.4) is 0 Å². The van der Waals surface area contributed by atoms with Gasteiger partial charge in [-0.2, -0.15) is 0 Å². The van der Waals surface area contributed by atoms with Gasteiger partial charge >= 0.3 is 0 Å². The van der Waals surface area contributed by atoms with E-state index < -0.39 is 0 Å². The maximum Gasteiger partial charge on any atom is 0.0606 e. The lowest BCUT2D eigenvalue weighted by atomic mass is 10.4. The van der Waals surface area contributed by atoms with Gasteiger partial charge in [-0.3, -0.25) is 0 Å². The summed E-state index contributed by atoms with van der Waals surface area (Å²) in [6, 6.07) is 20.2. The van der Waals surface area contributed by atoms with E-state index in [1.165, 1.54) is 9.79 Å². The average molecular weight is 337 g/mol. The van der Waals surface area contributed by atoms with Crippen molar-refractivity contribution in [2.75, 3.05) is 11.5 Å². The van der Waals surface area contributed by atoms with Crippen LogP contribution in [0.4, 0.5) is 0 Å². The molecule has 0 aliphatic carbocycles. The van der Waals surface area contributed by atoms with E-state index in [1.54, 1.807) is 37.4 Å². The minimum Gasteiger partial charge on any atom is -0.393 e. The number of aliphatic hydroxyl groups excluding tert-OH is 2. The van der Waals surface area contributed by atoms with E-state index in [0.29, 0.717) is 0 Å². The van der Waals surface area contributed by atoms with Crippen LogP contribution in [-0.2, 0) is 0 Å². The Labute approximate surface area is 142 Å². The number of hydrogen-bond acceptors (Lipinski definition) is 4. The Hall–Kier alpha value is -0.940. The van der Waals surface area contributed by atoms with Gasteiger partial charge in [0, 0.05) is 21.3 Å². The van der Waals surface area contributed by atoms with Gasteiger partial charge in [-0.1, -0.05) is 36.4 Å². The van der Waals surface area contributed by atoms with E-state index in [9.17, 15) is 0 Å². The van der Waals surface area contributed by atoms with Crippen molar-refractivity contribution in [1.82, 2.24) is 0 Å². The molecular weight excluding hydrogens is 312 g/mol. The first-order chi connectivity index (χ1) is 10.6. The predicted molar refractivity (Wildman–Crippen MR) is 97.7 cm³/mol. The van der Waals surface area contributed by atoms with Crippen molar-refractivity contribution in [2.45, 2.75) is 35.8 Å². The minimum atomic E-state index is -0.222. The van der Waals surface area contributed by atoms with Crippen molar-refractivity contribution in [3.05, 3.63) is 60.7 Å². The second-order valence-electron chi connectivity index (χ2n) is 4.95. The normalized spacial score (nSPS) is 12.9. The molecule has 0 aliphatic heterocycles. The molecule has 0 aliphatic rings. The van der Waals surface area contributed by atoms with E-state index >= 15 is 0 Å². The molecule has 120 valence electrons. The van der Waals surface area contributed by atoms with Gasteiger partial charge in [-0.25, -0.2) is 0 Å². The van der Waals surface area contributed by atoms with Crippen LogP contribution in [0.15, 0.2) is 70.5 Å². The van der Waals surface area contributed by atoms with Crippen molar-refractivity contribution in [2.24, 2.45) is 0 Å². The van der Waals surface area contributed by atoms with Gasteiger partial charge in [0.1, 0.15) is 0 Å². The number of thioether (sulfide) groups is 2. The second-order valence-corrected chi connectivity index (χ2v) is 7.13. The monoisotopic (exact) mass is 336 g/mol. The minimum absolute atomic E-state index is 0.222. The highest BCUT2D eigenvalue weighted by Gasteiger charge is 1.97. The zero-order chi connectivity index (χ0) is 16.2. The Bertz CT molecular complexity index is 439. The quantitative estimate of drug-likeness (QED) is 0.771. The molecule has 0 fully saturated rings. The SMILES string of the molecule is CC(O)CSc1ccccc1.CC(O)CSc1ccccc1. The standard InChI is InChI=1S/2C9H12OS/c2*1-8(10)7-11-9-5-3-2-4-6-9/h2*2-6,8,10H,7H2,1H3. The topological polar surface area (TPSA) is 40.5 Å². The highest BCUT2D eigenvalue weighted by atomic mass is 32.2. The lowest BCUT2D eigenvalue weighted by Crippen LogP contribution is -2.01. The molecule has 0 spiro atoms. The summed E-state index contributed by atoms with van der Waals surface area (Å²) in [5.41, 5.74) is 0. The summed E-state index contributed by atoms with van der Waals surface area (Å²) in [5, 5.41) is 18.0. The van der Waals surface area contributed by atoms with E-state index in [-0.39, 0.29) is 12.2 Å². The molecule has 0 radical (unpaired) electrons. The summed E-state index contributed by atoms with van der Waals surface area (Å²) >= 11 is 3.36. The van der Waals surface area contributed by atoms with E-state index in [0.717, 1.165) is 11.5 Å². The lowest BCUT2D eigenvalue weighted by molar-refractivity contribution is 0.220. The zero-order valence-corrected chi connectivity index (χ0v) is 14.7. The van der Waals surface area contributed by atoms with Crippen LogP contribution in [0.2, 0.25) is 0 Å². The number of benzene rings is 2. The highest BCUT2D eigenvalue weighted by Crippen LogP contribution is 2.18. The molecule has 0 heterocycles. The van der Waals surface area contributed by atoms with E-state index in [4.69, 9.17) is 10.2 Å². The van der Waals surface area contributed by atoms with Gasteiger partial charge < -0.3 is 10.2 Å². The Morgan fingerprint density at radius 2 is 1.00 bits per heavy atom. The van der Waals surface area contributed by atoms with Crippen LogP contribution >= 0.6 is 23.5 Å². The summed E-state index contributed by atoms with van der Waals surface area (Å²) in [4.78, 5) is 2.43. The molecular formula is C18H24O2S2. The van der Waals surface area contributed by atoms with Gasteiger partial charge in [0.2, 0.25) is 0 Å². The molecule has 2 N–H and O–H groups in total. The third-order valence-electron chi connectivity index (χ3n) is 2.47. The van der Waals surface area contributed by atoms with Gasteiger partial charge in [0.25, 0.3) is 0 Å². The summed E-state index contributed by atoms with van der Waals surface area (Å²) in [7, 11) is 0. The Kier molecular flexibility index (Phi) is 10.1. The zero-order valence-electron chi connectivity index (χ0n) is 13.1.